The van der Waals surface area contributed by atoms with Gasteiger partial charge in [0.25, 0.3) is 0 Å². The van der Waals surface area contributed by atoms with Crippen molar-refractivity contribution in [2.24, 2.45) is 47.3 Å². The zero-order valence-electron chi connectivity index (χ0n) is 73.7. The van der Waals surface area contributed by atoms with Gasteiger partial charge in [-0.15, -0.1) is 68.0 Å². The number of hydrogen-bond donors (Lipinski definition) is 0. The number of hydrogen-bond acceptors (Lipinski definition) is 16. The molecule has 14 rings (SSSR count). The molecule has 0 radical (unpaired) electrons. The first-order valence-corrected chi connectivity index (χ1v) is 62.7. The number of aromatic nitrogens is 4. The summed E-state index contributed by atoms with van der Waals surface area (Å²) in [5, 5.41) is 8.98. The van der Waals surface area contributed by atoms with E-state index in [2.05, 4.69) is 230 Å². The number of nitrogens with zero attached hydrogens (tertiary/aromatic N) is 4. The van der Waals surface area contributed by atoms with E-state index in [1.54, 1.807) is 2.89 Å². The molecule has 0 aliphatic heterocycles. The van der Waals surface area contributed by atoms with Gasteiger partial charge in [-0.05, 0) is 120 Å². The molecule has 14 aromatic rings. The number of fused-ring (bicyclic) bond motifs is 4. The number of benzene rings is 2. The van der Waals surface area contributed by atoms with Gasteiger partial charge in [-0.2, -0.15) is 0 Å². The van der Waals surface area contributed by atoms with Crippen LogP contribution in [0, 0.1) is 54.3 Å². The molecule has 0 fully saturated rings. The molecule has 2 aromatic carbocycles. The maximum atomic E-state index is 5.78. The van der Waals surface area contributed by atoms with Crippen molar-refractivity contribution < 1.29 is 0 Å². The predicted octanol–water partition coefficient (Wildman–Crippen LogP) is 38.9. The summed E-state index contributed by atoms with van der Waals surface area (Å²) in [5.41, 5.74) is 9.77. The summed E-state index contributed by atoms with van der Waals surface area (Å²) in [6.45, 7) is 38.0. The van der Waals surface area contributed by atoms with Gasteiger partial charge in [-0.25, -0.2) is 9.97 Å². The summed E-state index contributed by atoms with van der Waals surface area (Å²) in [4.78, 5) is 40.3. The molecule has 4 atom stereocenters. The maximum absolute atomic E-state index is 5.78. The first-order chi connectivity index (χ1) is 57.1. The minimum atomic E-state index is -2.69. The fourth-order valence-corrected chi connectivity index (χ4v) is 48.8. The van der Waals surface area contributed by atoms with Crippen LogP contribution in [0.4, 0.5) is 0 Å². The van der Waals surface area contributed by atoms with Crippen molar-refractivity contribution in [1.29, 1.82) is 0 Å². The molecule has 0 saturated heterocycles. The molecule has 0 aliphatic carbocycles. The van der Waals surface area contributed by atoms with Crippen molar-refractivity contribution in [1.82, 2.24) is 19.9 Å². The van der Waals surface area contributed by atoms with Gasteiger partial charge in [0.15, 0.2) is 0 Å². The summed E-state index contributed by atoms with van der Waals surface area (Å²) in [7, 11) is 0. The summed E-state index contributed by atoms with van der Waals surface area (Å²) >= 11 is 20.4. The number of thiophene rings is 8. The van der Waals surface area contributed by atoms with E-state index in [4.69, 9.17) is 19.9 Å². The molecule has 648 valence electrons. The molecule has 4 unspecified atom stereocenters. The van der Waals surface area contributed by atoms with Crippen LogP contribution in [0.15, 0.2) is 108 Å². The van der Waals surface area contributed by atoms with Crippen LogP contribution in [0.3, 0.4) is 0 Å². The first-order valence-electron chi connectivity index (χ1n) is 45.3. The molecule has 0 aliphatic rings. The molecule has 0 amide bonds. The molecule has 12 aromatic heterocycles. The molecule has 0 spiro atoms. The van der Waals surface area contributed by atoms with Gasteiger partial charge < -0.3 is 0 Å². The van der Waals surface area contributed by atoms with Gasteiger partial charge in [0, 0.05) is 30.6 Å². The average Bonchev–Trinajstić information content (AvgIpc) is 1.57. The Morgan fingerprint density at radius 2 is 0.567 bits per heavy atom. The Morgan fingerprint density at radius 3 is 0.833 bits per heavy atom. The van der Waals surface area contributed by atoms with Crippen LogP contribution in [0.25, 0.3) is 122 Å². The zero-order chi connectivity index (χ0) is 83.0. The van der Waals surface area contributed by atoms with E-state index >= 15 is 0 Å². The van der Waals surface area contributed by atoms with E-state index < -0.39 is 18.4 Å². The minimum absolute atomic E-state index is 0. The Kier molecular flexibility index (Phi) is 37.9. The van der Waals surface area contributed by atoms with Gasteiger partial charge in [-0.3, -0.25) is 0 Å². The average molecular weight is 1940 g/mol. The van der Waals surface area contributed by atoms with Gasteiger partial charge in [-0.1, -0.05) is 187 Å². The SMILES string of the molecule is C.C.CC(C)CCCC(C)CCc1ccc(-c2nc3c(-c4cccs4)c4sc(-c5ccc(CCC(C)CCCC(C)C)s5)nc4c(-c4cccs4)c3s2)s1.CCC[CH2][Sn]([CH2]CCC)([CH2]CCC)[c]1ccc(-c2c3nc(-c4ccc(CCC(C)CCCC(C)C)s4)sc3c(-c3ccc(C)s3)c3nc(-c4ccc(CCC(C)CCCC(C)C)s4)sc23)s1. The molecule has 120 heavy (non-hydrogen) atoms. The second-order valence-electron chi connectivity index (χ2n) is 36.3. The van der Waals surface area contributed by atoms with E-state index in [0.29, 0.717) is 0 Å². The van der Waals surface area contributed by atoms with Crippen molar-refractivity contribution in [3.05, 3.63) is 132 Å². The summed E-state index contributed by atoms with van der Waals surface area (Å²) < 4.78 is 11.4. The molecule has 0 N–H and O–H groups in total. The number of aryl methyl sites for hydroxylation is 5. The van der Waals surface area contributed by atoms with Crippen LogP contribution in [-0.2, 0) is 25.7 Å². The van der Waals surface area contributed by atoms with Crippen LogP contribution in [-0.4, -0.2) is 38.3 Å². The van der Waals surface area contributed by atoms with Gasteiger partial charge in [0.1, 0.15) is 10.0 Å². The Morgan fingerprint density at radius 1 is 0.283 bits per heavy atom. The molecular weight excluding hydrogens is 1800 g/mol. The van der Waals surface area contributed by atoms with Crippen molar-refractivity contribution in [2.75, 3.05) is 0 Å². The number of rotatable bonds is 46. The molecule has 0 bridgehead atoms. The van der Waals surface area contributed by atoms with Crippen LogP contribution < -0.4 is 2.89 Å². The Labute approximate surface area is 776 Å². The molecule has 4 nitrogen and oxygen atoms in total. The van der Waals surface area contributed by atoms with Crippen molar-refractivity contribution in [3.8, 4) is 81.3 Å². The summed E-state index contributed by atoms with van der Waals surface area (Å²) in [6, 6.07) is 37.6. The van der Waals surface area contributed by atoms with E-state index in [1.807, 2.05) is 125 Å². The second-order valence-corrected chi connectivity index (χ2v) is 63.4. The van der Waals surface area contributed by atoms with E-state index in [0.717, 1.165) is 94.1 Å². The van der Waals surface area contributed by atoms with Gasteiger partial charge in [0.2, 0.25) is 0 Å². The molecule has 12 heterocycles. The molecular formula is C103H140N4S12Sn. The van der Waals surface area contributed by atoms with Crippen LogP contribution in [0.2, 0.25) is 13.3 Å². The van der Waals surface area contributed by atoms with Crippen LogP contribution >= 0.6 is 136 Å². The van der Waals surface area contributed by atoms with Crippen LogP contribution in [0.1, 0.15) is 284 Å². The van der Waals surface area contributed by atoms with Crippen molar-refractivity contribution >= 4 is 198 Å². The van der Waals surface area contributed by atoms with E-state index in [-0.39, 0.29) is 14.9 Å². The monoisotopic (exact) mass is 1940 g/mol. The standard InChI is InChI=1S/C45H53N2S6.C44H52N2S6.3C4H9.2CH4.Sn/c1-27(2)11-8-13-29(5)16-19-32-21-24-36(50-32)44-46-40-38(34-15-10-26-48-34)42-41(39(43(40)53-44)35-23-18-31(7)49-35)47-45(52-42)37-25-22-33(51-37)20-17-30(6)14-9-12-28(3)4;1-27(2)11-7-13-29(5)17-19-31-21-23-35(49-31)43-45-39-37(33-15-9-25-47-33)42-40(38(41(39)51-43)34-16-10-26-48-34)46-44(52-42)36-24-22-32(50-36)20-18-30(6)14-8-12-28(3)4;3*1-3-4-2;;;/h10,15,18,21-25,27-30H,8-9,11-14,16-17,19-20H2,1-7H3;9-10,15-16,21-30H,7-8,11-14,17-20H2,1-6H3;3*1,3-4H2,2H3;2*1H4;. The topological polar surface area (TPSA) is 51.6 Å². The predicted molar refractivity (Wildman–Crippen MR) is 560 cm³/mol. The fourth-order valence-electron chi connectivity index (χ4n) is 17.0. The fraction of sp³-hybridized carbons (Fsp3) is 0.534. The molecule has 0 saturated carbocycles. The number of thiazole rings is 4. The Hall–Kier alpha value is -3.60. The van der Waals surface area contributed by atoms with Gasteiger partial charge >= 0.3 is 329 Å². The molecule has 17 heteroatoms. The Bertz CT molecular complexity index is 5020. The summed E-state index contributed by atoms with van der Waals surface area (Å²) in [5.74, 6) is 6.27. The van der Waals surface area contributed by atoms with Crippen LogP contribution in [0.5, 0.6) is 0 Å². The van der Waals surface area contributed by atoms with E-state index in [1.165, 1.54) is 280 Å². The van der Waals surface area contributed by atoms with Crippen molar-refractivity contribution in [2.45, 2.75) is 306 Å². The first kappa shape index (κ1) is 97.0. The quantitative estimate of drug-likeness (QED) is 0.0357. The second kappa shape index (κ2) is 46.9. The Balaban J connectivity index is 0.000000237. The normalized spacial score (nSPS) is 13.2. The van der Waals surface area contributed by atoms with E-state index in [9.17, 15) is 0 Å². The third-order valence-corrected chi connectivity index (χ3v) is 55.9. The summed E-state index contributed by atoms with van der Waals surface area (Å²) in [6.07, 6.45) is 33.8. The third kappa shape index (κ3) is 25.2. The van der Waals surface area contributed by atoms with Gasteiger partial charge in [0.05, 0.1) is 30.2 Å². The zero-order valence-corrected chi connectivity index (χ0v) is 86.4. The number of unbranched alkanes of at least 4 members (excludes halogenated alkanes) is 3. The third-order valence-electron chi connectivity index (χ3n) is 24.2. The van der Waals surface area contributed by atoms with Crippen molar-refractivity contribution in [3.63, 3.8) is 0 Å².